The Morgan fingerprint density at radius 2 is 1.52 bits per heavy atom. The number of hydrogen-bond acceptors (Lipinski definition) is 2. The lowest BCUT2D eigenvalue weighted by Gasteiger charge is -2.15. The molecule has 0 aliphatic carbocycles. The van der Waals surface area contributed by atoms with Gasteiger partial charge in [-0.25, -0.2) is 0 Å². The normalized spacial score (nSPS) is 11.0. The van der Waals surface area contributed by atoms with E-state index in [4.69, 9.17) is 0 Å². The van der Waals surface area contributed by atoms with E-state index in [-0.39, 0.29) is 17.9 Å². The molecule has 4 nitrogen and oxygen atoms in total. The third-order valence-corrected chi connectivity index (χ3v) is 4.76. The number of amides is 1. The Morgan fingerprint density at radius 3 is 2.30 bits per heavy atom. The number of anilines is 1. The fourth-order valence-corrected chi connectivity index (χ4v) is 3.39. The van der Waals surface area contributed by atoms with E-state index in [9.17, 15) is 9.59 Å². The molecule has 0 radical (unpaired) electrons. The fraction of sp³-hybridized carbons (Fsp3) is 0.130. The van der Waals surface area contributed by atoms with Gasteiger partial charge in [-0.15, -0.1) is 0 Å². The summed E-state index contributed by atoms with van der Waals surface area (Å²) in [6, 6.07) is 20.9. The van der Waals surface area contributed by atoms with Crippen LogP contribution in [-0.4, -0.2) is 10.5 Å². The molecule has 0 spiro atoms. The molecule has 0 saturated heterocycles. The van der Waals surface area contributed by atoms with Gasteiger partial charge in [0.25, 0.3) is 0 Å². The molecule has 1 heterocycles. The second kappa shape index (κ2) is 6.72. The maximum Gasteiger partial charge on any atom is 0.244 e. The first kappa shape index (κ1) is 17.0. The molecule has 0 unspecified atom stereocenters. The maximum atomic E-state index is 12.9. The zero-order chi connectivity index (χ0) is 19.0. The molecule has 3 aromatic carbocycles. The molecule has 4 aromatic rings. The standard InChI is InChI=1S/C23H20N2O2/c1-15-7-10-17(11-8-15)24-22(26)14-25-20-6-4-3-5-18(20)23(27)19-13-16(2)9-12-21(19)25/h3-13H,14H2,1-2H3,(H,24,26). The number of hydrogen-bond donors (Lipinski definition) is 1. The van der Waals surface area contributed by atoms with Crippen LogP contribution in [0.3, 0.4) is 0 Å². The van der Waals surface area contributed by atoms with E-state index in [0.717, 1.165) is 27.8 Å². The van der Waals surface area contributed by atoms with Crippen LogP contribution in [0.4, 0.5) is 5.69 Å². The molecule has 0 fully saturated rings. The highest BCUT2D eigenvalue weighted by Crippen LogP contribution is 2.20. The second-order valence-corrected chi connectivity index (χ2v) is 6.87. The van der Waals surface area contributed by atoms with Gasteiger partial charge in [0.2, 0.25) is 5.91 Å². The first-order valence-electron chi connectivity index (χ1n) is 8.91. The number of para-hydroxylation sites is 1. The number of nitrogens with one attached hydrogen (secondary N) is 1. The molecule has 1 amide bonds. The quantitative estimate of drug-likeness (QED) is 0.553. The maximum absolute atomic E-state index is 12.9. The summed E-state index contributed by atoms with van der Waals surface area (Å²) >= 11 is 0. The van der Waals surface area contributed by atoms with Crippen LogP contribution in [0.2, 0.25) is 0 Å². The van der Waals surface area contributed by atoms with Crippen molar-refractivity contribution in [1.29, 1.82) is 0 Å². The van der Waals surface area contributed by atoms with Crippen LogP contribution >= 0.6 is 0 Å². The lowest BCUT2D eigenvalue weighted by molar-refractivity contribution is -0.116. The van der Waals surface area contributed by atoms with Gasteiger partial charge in [-0.3, -0.25) is 9.59 Å². The van der Waals surface area contributed by atoms with E-state index < -0.39 is 0 Å². The van der Waals surface area contributed by atoms with Crippen molar-refractivity contribution in [2.24, 2.45) is 0 Å². The van der Waals surface area contributed by atoms with Crippen LogP contribution < -0.4 is 10.7 Å². The number of carbonyl (C=O) groups excluding carboxylic acids is 1. The smallest absolute Gasteiger partial charge is 0.244 e. The first-order chi connectivity index (χ1) is 13.0. The van der Waals surface area contributed by atoms with Gasteiger partial charge in [-0.2, -0.15) is 0 Å². The molecule has 27 heavy (non-hydrogen) atoms. The Kier molecular flexibility index (Phi) is 4.24. The number of carbonyl (C=O) groups is 1. The number of pyridine rings is 1. The number of nitrogens with zero attached hydrogens (tertiary/aromatic N) is 1. The average Bonchev–Trinajstić information content (AvgIpc) is 2.67. The summed E-state index contributed by atoms with van der Waals surface area (Å²) in [5.74, 6) is -0.130. The second-order valence-electron chi connectivity index (χ2n) is 6.87. The van der Waals surface area contributed by atoms with E-state index in [1.54, 1.807) is 0 Å². The fourth-order valence-electron chi connectivity index (χ4n) is 3.39. The van der Waals surface area contributed by atoms with Crippen LogP contribution in [-0.2, 0) is 11.3 Å². The topological polar surface area (TPSA) is 51.1 Å². The van der Waals surface area contributed by atoms with Gasteiger partial charge in [-0.05, 0) is 50.2 Å². The minimum Gasteiger partial charge on any atom is -0.331 e. The Balaban J connectivity index is 1.81. The number of rotatable bonds is 3. The molecule has 0 atom stereocenters. The molecule has 1 aromatic heterocycles. The predicted octanol–water partition coefficient (Wildman–Crippen LogP) is 4.41. The molecule has 0 bridgehead atoms. The minimum atomic E-state index is -0.130. The van der Waals surface area contributed by atoms with Crippen LogP contribution in [0.15, 0.2) is 71.5 Å². The molecule has 0 aliphatic rings. The lowest BCUT2D eigenvalue weighted by atomic mass is 10.1. The molecule has 1 N–H and O–H groups in total. The lowest BCUT2D eigenvalue weighted by Crippen LogP contribution is -2.21. The summed E-state index contributed by atoms with van der Waals surface area (Å²) in [5.41, 5.74) is 4.45. The molecule has 4 rings (SSSR count). The highest BCUT2D eigenvalue weighted by Gasteiger charge is 2.13. The molecule has 4 heteroatoms. The Hall–Kier alpha value is -3.40. The van der Waals surface area contributed by atoms with E-state index in [2.05, 4.69) is 5.32 Å². The van der Waals surface area contributed by atoms with Crippen LogP contribution in [0.1, 0.15) is 11.1 Å². The highest BCUT2D eigenvalue weighted by atomic mass is 16.2. The summed E-state index contributed by atoms with van der Waals surface area (Å²) in [4.78, 5) is 25.6. The molecule has 134 valence electrons. The van der Waals surface area contributed by atoms with Gasteiger partial charge in [-0.1, -0.05) is 41.5 Å². The number of aryl methyl sites for hydroxylation is 2. The van der Waals surface area contributed by atoms with E-state index in [1.807, 2.05) is 85.1 Å². The van der Waals surface area contributed by atoms with Gasteiger partial charge in [0, 0.05) is 16.5 Å². The molecule has 0 aliphatic heterocycles. The van der Waals surface area contributed by atoms with Crippen molar-refractivity contribution in [3.8, 4) is 0 Å². The predicted molar refractivity (Wildman–Crippen MR) is 110 cm³/mol. The summed E-state index contributed by atoms with van der Waals surface area (Å²) < 4.78 is 1.91. The van der Waals surface area contributed by atoms with Crippen molar-refractivity contribution < 1.29 is 4.79 Å². The zero-order valence-electron chi connectivity index (χ0n) is 15.3. The van der Waals surface area contributed by atoms with Crippen LogP contribution in [0, 0.1) is 13.8 Å². The Labute approximate surface area is 157 Å². The summed E-state index contributed by atoms with van der Waals surface area (Å²) in [6.07, 6.45) is 0. The Morgan fingerprint density at radius 1 is 0.852 bits per heavy atom. The largest absolute Gasteiger partial charge is 0.331 e. The van der Waals surface area contributed by atoms with Crippen LogP contribution in [0.25, 0.3) is 21.8 Å². The van der Waals surface area contributed by atoms with Gasteiger partial charge in [0.05, 0.1) is 11.0 Å². The van der Waals surface area contributed by atoms with Crippen molar-refractivity contribution in [2.45, 2.75) is 20.4 Å². The van der Waals surface area contributed by atoms with Crippen LogP contribution in [0.5, 0.6) is 0 Å². The first-order valence-corrected chi connectivity index (χ1v) is 8.91. The van der Waals surface area contributed by atoms with E-state index in [0.29, 0.717) is 10.8 Å². The molecule has 0 saturated carbocycles. The highest BCUT2D eigenvalue weighted by molar-refractivity contribution is 5.97. The van der Waals surface area contributed by atoms with Crippen molar-refractivity contribution in [3.63, 3.8) is 0 Å². The van der Waals surface area contributed by atoms with Crippen molar-refractivity contribution in [1.82, 2.24) is 4.57 Å². The van der Waals surface area contributed by atoms with Crippen molar-refractivity contribution in [2.75, 3.05) is 5.32 Å². The third-order valence-electron chi connectivity index (χ3n) is 4.76. The van der Waals surface area contributed by atoms with E-state index in [1.165, 1.54) is 0 Å². The Bertz CT molecular complexity index is 1220. The summed E-state index contributed by atoms with van der Waals surface area (Å²) in [6.45, 7) is 4.10. The summed E-state index contributed by atoms with van der Waals surface area (Å²) in [7, 11) is 0. The van der Waals surface area contributed by atoms with Crippen molar-refractivity contribution in [3.05, 3.63) is 88.1 Å². The number of fused-ring (bicyclic) bond motifs is 2. The molecular formula is C23H20N2O2. The number of aromatic nitrogens is 1. The van der Waals surface area contributed by atoms with Gasteiger partial charge >= 0.3 is 0 Å². The zero-order valence-corrected chi connectivity index (χ0v) is 15.3. The molecular weight excluding hydrogens is 336 g/mol. The van der Waals surface area contributed by atoms with Gasteiger partial charge in [0.1, 0.15) is 6.54 Å². The van der Waals surface area contributed by atoms with Crippen molar-refractivity contribution >= 4 is 33.4 Å². The SMILES string of the molecule is Cc1ccc(NC(=O)Cn2c3ccccc3c(=O)c3cc(C)ccc32)cc1. The van der Waals surface area contributed by atoms with Gasteiger partial charge < -0.3 is 9.88 Å². The third kappa shape index (κ3) is 3.22. The number of benzene rings is 3. The monoisotopic (exact) mass is 356 g/mol. The van der Waals surface area contributed by atoms with Gasteiger partial charge in [0.15, 0.2) is 5.43 Å². The van der Waals surface area contributed by atoms with E-state index >= 15 is 0 Å². The minimum absolute atomic E-state index is 0.000470. The average molecular weight is 356 g/mol. The summed E-state index contributed by atoms with van der Waals surface area (Å²) in [5, 5.41) is 4.19.